The summed E-state index contributed by atoms with van der Waals surface area (Å²) in [5.41, 5.74) is 9.07. The second-order valence-electron chi connectivity index (χ2n) is 6.33. The van der Waals surface area contributed by atoms with Crippen molar-refractivity contribution in [2.24, 2.45) is 5.73 Å². The fourth-order valence-corrected chi connectivity index (χ4v) is 4.48. The lowest BCUT2D eigenvalue weighted by molar-refractivity contribution is -0.138. The van der Waals surface area contributed by atoms with E-state index in [1.807, 2.05) is 0 Å². The van der Waals surface area contributed by atoms with Gasteiger partial charge in [-0.15, -0.1) is 0 Å². The van der Waals surface area contributed by atoms with E-state index in [0.717, 1.165) is 0 Å². The molecule has 1 aliphatic heterocycles. The summed E-state index contributed by atoms with van der Waals surface area (Å²) < 4.78 is 46.3. The first-order valence-corrected chi connectivity index (χ1v) is 9.92. The largest absolute Gasteiger partial charge is 0.480 e. The summed E-state index contributed by atoms with van der Waals surface area (Å²) in [6.45, 7) is -3.01. The number of hydrogen-bond acceptors (Lipinski definition) is 9. The SMILES string of the molecule is [2H]C([2H])([2H])C([2H])([2H])[S+](CC[C@H](N)C(=O)O)C[C@H]1O[C@@H](n2cnc3c(N)ncnc32)[C@H](O)[C@@H]1O. The number of aliphatic hydroxyl groups is 2. The number of rotatable bonds is 8. The molecule has 2 aromatic heterocycles. The minimum Gasteiger partial charge on any atom is -0.480 e. The van der Waals surface area contributed by atoms with E-state index in [1.54, 1.807) is 0 Å². The van der Waals surface area contributed by atoms with Gasteiger partial charge in [-0.25, -0.2) is 15.0 Å². The molecule has 2 aromatic rings. The molecule has 0 bridgehead atoms. The molecule has 0 spiro atoms. The van der Waals surface area contributed by atoms with Gasteiger partial charge in [0.05, 0.1) is 9.07 Å². The standard InChI is InChI=1S/C16H24N6O5S/c1-2-28(4-3-8(17)16(25)26)5-9-11(23)12(24)15(27-9)22-7-21-10-13(18)19-6-20-14(10)22/h6-9,11-12,15,23-24H,2-5,17H2,1H3,(H2-,18,19,20,25,26)/p+1/t8-,9+,11+,12+,15+,28?/m0/s1/i1D3,2D2. The number of aliphatic hydroxyl groups excluding tert-OH is 2. The lowest BCUT2D eigenvalue weighted by Gasteiger charge is -2.16. The van der Waals surface area contributed by atoms with Crippen LogP contribution in [-0.4, -0.2) is 82.4 Å². The van der Waals surface area contributed by atoms with Crippen molar-refractivity contribution in [3.63, 3.8) is 0 Å². The van der Waals surface area contributed by atoms with Gasteiger partial charge in [0, 0.05) is 10.5 Å². The summed E-state index contributed by atoms with van der Waals surface area (Å²) >= 11 is 0. The molecule has 1 aliphatic rings. The number of anilines is 1. The second-order valence-corrected chi connectivity index (χ2v) is 8.26. The Kier molecular flexibility index (Phi) is 4.57. The molecular weight excluding hydrogens is 388 g/mol. The number of ether oxygens (including phenoxy) is 1. The molecule has 28 heavy (non-hydrogen) atoms. The third-order valence-electron chi connectivity index (χ3n) is 4.50. The van der Waals surface area contributed by atoms with E-state index in [1.165, 1.54) is 17.2 Å². The molecule has 1 saturated heterocycles. The minimum atomic E-state index is -3.01. The first kappa shape index (κ1) is 14.9. The molecule has 0 amide bonds. The fourth-order valence-electron chi connectivity index (χ4n) is 2.92. The van der Waals surface area contributed by atoms with E-state index in [4.69, 9.17) is 28.2 Å². The Morgan fingerprint density at radius 2 is 2.25 bits per heavy atom. The van der Waals surface area contributed by atoms with E-state index < -0.39 is 60.0 Å². The van der Waals surface area contributed by atoms with Crippen LogP contribution in [0.3, 0.4) is 0 Å². The molecular formula is C16H25N6O5S+. The lowest BCUT2D eigenvalue weighted by atomic mass is 10.1. The van der Waals surface area contributed by atoms with Gasteiger partial charge in [-0.2, -0.15) is 0 Å². The first-order valence-electron chi connectivity index (χ1n) is 10.9. The summed E-state index contributed by atoms with van der Waals surface area (Å²) in [4.78, 5) is 23.0. The van der Waals surface area contributed by atoms with Gasteiger partial charge < -0.3 is 31.5 Å². The average molecular weight is 419 g/mol. The van der Waals surface area contributed by atoms with Gasteiger partial charge in [0.1, 0.15) is 53.4 Å². The molecule has 6 atom stereocenters. The van der Waals surface area contributed by atoms with Crippen molar-refractivity contribution in [3.8, 4) is 0 Å². The molecule has 7 N–H and O–H groups in total. The number of imidazole rings is 1. The van der Waals surface area contributed by atoms with Gasteiger partial charge in [-0.05, 0) is 17.7 Å². The van der Waals surface area contributed by atoms with Gasteiger partial charge >= 0.3 is 5.97 Å². The number of carboxylic acids is 1. The molecule has 3 heterocycles. The average Bonchev–Trinajstić information content (AvgIpc) is 3.26. The maximum absolute atomic E-state index is 11.1. The van der Waals surface area contributed by atoms with Crippen molar-refractivity contribution in [1.29, 1.82) is 0 Å². The minimum absolute atomic E-state index is 0.102. The molecule has 0 aliphatic carbocycles. The Morgan fingerprint density at radius 1 is 1.46 bits per heavy atom. The number of fused-ring (bicyclic) bond motifs is 1. The Labute approximate surface area is 171 Å². The fraction of sp³-hybridized carbons (Fsp3) is 0.625. The van der Waals surface area contributed by atoms with Crippen molar-refractivity contribution < 1.29 is 31.7 Å². The number of nitrogen functional groups attached to an aromatic ring is 1. The number of carboxylic acid groups (broad SMARTS) is 1. The highest BCUT2D eigenvalue weighted by atomic mass is 32.2. The van der Waals surface area contributed by atoms with Crippen LogP contribution in [0.2, 0.25) is 0 Å². The highest BCUT2D eigenvalue weighted by Crippen LogP contribution is 2.32. The molecule has 0 radical (unpaired) electrons. The predicted molar refractivity (Wildman–Crippen MR) is 104 cm³/mol. The number of carbonyl (C=O) groups is 1. The Bertz CT molecular complexity index is 1010. The van der Waals surface area contributed by atoms with E-state index >= 15 is 0 Å². The smallest absolute Gasteiger partial charge is 0.320 e. The predicted octanol–water partition coefficient (Wildman–Crippen LogP) is -1.53. The van der Waals surface area contributed by atoms with Crippen LogP contribution in [0.25, 0.3) is 11.2 Å². The highest BCUT2D eigenvalue weighted by Gasteiger charge is 2.47. The molecule has 1 fully saturated rings. The summed E-state index contributed by atoms with van der Waals surface area (Å²) in [5, 5.41) is 30.2. The second kappa shape index (κ2) is 8.57. The van der Waals surface area contributed by atoms with Gasteiger partial charge in [-0.3, -0.25) is 9.36 Å². The van der Waals surface area contributed by atoms with Crippen LogP contribution in [-0.2, 0) is 20.4 Å². The first-order chi connectivity index (χ1) is 15.3. The monoisotopic (exact) mass is 418 g/mol. The van der Waals surface area contributed by atoms with Crippen molar-refractivity contribution in [2.75, 3.05) is 22.9 Å². The van der Waals surface area contributed by atoms with E-state index in [0.29, 0.717) is 0 Å². The van der Waals surface area contributed by atoms with Gasteiger partial charge in [0.25, 0.3) is 0 Å². The van der Waals surface area contributed by atoms with Gasteiger partial charge in [0.15, 0.2) is 17.7 Å². The molecule has 0 saturated carbocycles. The van der Waals surface area contributed by atoms with Crippen LogP contribution < -0.4 is 11.5 Å². The number of aliphatic carboxylic acids is 1. The van der Waals surface area contributed by atoms with E-state index in [-0.39, 0.29) is 34.9 Å². The Morgan fingerprint density at radius 3 is 2.96 bits per heavy atom. The maximum Gasteiger partial charge on any atom is 0.320 e. The van der Waals surface area contributed by atoms with E-state index in [2.05, 4.69) is 15.0 Å². The quantitative estimate of drug-likeness (QED) is 0.315. The van der Waals surface area contributed by atoms with Crippen molar-refractivity contribution in [1.82, 2.24) is 19.5 Å². The van der Waals surface area contributed by atoms with Gasteiger partial charge in [0.2, 0.25) is 0 Å². The van der Waals surface area contributed by atoms with Crippen LogP contribution in [0.15, 0.2) is 12.7 Å². The van der Waals surface area contributed by atoms with E-state index in [9.17, 15) is 15.0 Å². The normalized spacial score (nSPS) is 30.8. The summed E-state index contributed by atoms with van der Waals surface area (Å²) in [7, 11) is -1.60. The van der Waals surface area contributed by atoms with Crippen LogP contribution in [0.1, 0.15) is 26.4 Å². The van der Waals surface area contributed by atoms with Crippen LogP contribution in [0.5, 0.6) is 0 Å². The molecule has 12 heteroatoms. The number of aromatic nitrogens is 4. The molecule has 0 aromatic carbocycles. The van der Waals surface area contributed by atoms with Crippen molar-refractivity contribution >= 4 is 33.8 Å². The zero-order valence-electron chi connectivity index (χ0n) is 19.7. The Hall–Kier alpha value is -1.99. The third kappa shape index (κ3) is 4.05. The number of nitrogens with zero attached hydrogens (tertiary/aromatic N) is 4. The van der Waals surface area contributed by atoms with Crippen LogP contribution in [0.4, 0.5) is 5.82 Å². The van der Waals surface area contributed by atoms with Crippen LogP contribution in [0, 0.1) is 0 Å². The summed E-state index contributed by atoms with van der Waals surface area (Å²) in [5.74, 6) is -1.64. The van der Waals surface area contributed by atoms with Crippen molar-refractivity contribution in [3.05, 3.63) is 12.7 Å². The highest BCUT2D eigenvalue weighted by molar-refractivity contribution is 7.96. The van der Waals surface area contributed by atoms with Crippen LogP contribution >= 0.6 is 0 Å². The molecule has 3 rings (SSSR count). The summed E-state index contributed by atoms with van der Waals surface area (Å²) in [6, 6.07) is -1.30. The summed E-state index contributed by atoms with van der Waals surface area (Å²) in [6.07, 6.45) is -2.94. The number of nitrogens with two attached hydrogens (primary N) is 2. The zero-order valence-corrected chi connectivity index (χ0v) is 15.5. The topological polar surface area (TPSA) is 183 Å². The maximum atomic E-state index is 11.1. The Balaban J connectivity index is 1.85. The zero-order chi connectivity index (χ0) is 24.7. The molecule has 154 valence electrons. The number of hydrogen-bond donors (Lipinski definition) is 5. The third-order valence-corrected chi connectivity index (χ3v) is 6.25. The van der Waals surface area contributed by atoms with Gasteiger partial charge in [-0.1, -0.05) is 0 Å². The molecule has 11 nitrogen and oxygen atoms in total. The lowest BCUT2D eigenvalue weighted by Crippen LogP contribution is -2.38. The molecule has 1 unspecified atom stereocenters. The van der Waals surface area contributed by atoms with Crippen molar-refractivity contribution in [2.45, 2.75) is 43.9 Å².